The van der Waals surface area contributed by atoms with E-state index >= 15 is 0 Å². The van der Waals surface area contributed by atoms with Gasteiger partial charge in [0.2, 0.25) is 10.0 Å². The third kappa shape index (κ3) is 3.87. The Hall–Kier alpha value is -3.08. The minimum atomic E-state index is -3.72. The largest absolute Gasteiger partial charge is 0.339 e. The molecule has 27 heavy (non-hydrogen) atoms. The van der Waals surface area contributed by atoms with E-state index in [0.717, 1.165) is 10.4 Å². The molecule has 0 amide bonds. The highest BCUT2D eigenvalue weighted by molar-refractivity contribution is 7.89. The number of nitrogens with one attached hydrogen (secondary N) is 2. The van der Waals surface area contributed by atoms with Crippen LogP contribution in [0.25, 0.3) is 10.3 Å². The maximum atomic E-state index is 11.3. The van der Waals surface area contributed by atoms with Crippen molar-refractivity contribution < 1.29 is 8.42 Å². The van der Waals surface area contributed by atoms with Gasteiger partial charge in [0, 0.05) is 11.4 Å². The Balaban J connectivity index is 1.61. The molecule has 0 saturated heterocycles. The Kier molecular flexibility index (Phi) is 4.44. The monoisotopic (exact) mass is 398 g/mol. The minimum absolute atomic E-state index is 0.0533. The van der Waals surface area contributed by atoms with Gasteiger partial charge in [0.25, 0.3) is 0 Å². The number of nitrogens with two attached hydrogens (primary N) is 1. The molecule has 0 fully saturated rings. The molecule has 10 heteroatoms. The van der Waals surface area contributed by atoms with Crippen LogP contribution in [0.5, 0.6) is 0 Å². The van der Waals surface area contributed by atoms with Crippen molar-refractivity contribution in [1.29, 1.82) is 0 Å². The van der Waals surface area contributed by atoms with E-state index in [1.54, 1.807) is 12.1 Å². The van der Waals surface area contributed by atoms with Gasteiger partial charge in [0.05, 0.1) is 4.90 Å². The van der Waals surface area contributed by atoms with Gasteiger partial charge in [-0.15, -0.1) is 0 Å². The zero-order chi connectivity index (χ0) is 18.9. The first kappa shape index (κ1) is 17.3. The van der Waals surface area contributed by atoms with E-state index in [0.29, 0.717) is 22.3 Å². The summed E-state index contributed by atoms with van der Waals surface area (Å²) < 4.78 is 23.5. The number of benzene rings is 2. The summed E-state index contributed by atoms with van der Waals surface area (Å²) >= 11 is 1.40. The zero-order valence-electron chi connectivity index (χ0n) is 13.8. The minimum Gasteiger partial charge on any atom is -0.339 e. The van der Waals surface area contributed by atoms with Crippen LogP contribution in [0.4, 0.5) is 22.3 Å². The van der Waals surface area contributed by atoms with Crippen LogP contribution in [-0.4, -0.2) is 23.4 Å². The second-order valence-electron chi connectivity index (χ2n) is 5.58. The molecule has 0 saturated carbocycles. The molecule has 4 aromatic rings. The number of fused-ring (bicyclic) bond motifs is 1. The fourth-order valence-electron chi connectivity index (χ4n) is 2.41. The summed E-state index contributed by atoms with van der Waals surface area (Å²) in [6.45, 7) is 0. The number of anilines is 4. The van der Waals surface area contributed by atoms with Crippen LogP contribution in [0.3, 0.4) is 0 Å². The van der Waals surface area contributed by atoms with E-state index < -0.39 is 10.0 Å². The topological polar surface area (TPSA) is 123 Å². The number of hydrogen-bond donors (Lipinski definition) is 3. The van der Waals surface area contributed by atoms with Crippen LogP contribution < -0.4 is 15.8 Å². The van der Waals surface area contributed by atoms with E-state index in [9.17, 15) is 8.42 Å². The fourth-order valence-corrected chi connectivity index (χ4v) is 3.81. The molecule has 4 rings (SSSR count). The first-order chi connectivity index (χ1) is 13.0. The van der Waals surface area contributed by atoms with E-state index in [1.165, 1.54) is 29.8 Å². The van der Waals surface area contributed by atoms with Crippen LogP contribution in [0.1, 0.15) is 0 Å². The van der Waals surface area contributed by atoms with Crippen molar-refractivity contribution in [1.82, 2.24) is 15.0 Å². The van der Waals surface area contributed by atoms with Crippen LogP contribution in [-0.2, 0) is 10.0 Å². The Morgan fingerprint density at radius 1 is 0.889 bits per heavy atom. The van der Waals surface area contributed by atoms with Gasteiger partial charge in [-0.25, -0.2) is 23.5 Å². The highest BCUT2D eigenvalue weighted by Crippen LogP contribution is 2.32. The van der Waals surface area contributed by atoms with Gasteiger partial charge in [-0.3, -0.25) is 0 Å². The molecule has 2 heterocycles. The number of thiazole rings is 1. The number of nitrogens with zero attached hydrogens (tertiary/aromatic N) is 3. The predicted octanol–water partition coefficient (Wildman–Crippen LogP) is 3.22. The van der Waals surface area contributed by atoms with E-state index in [1.807, 2.05) is 30.3 Å². The standard InChI is InChI=1S/C17H14N6O2S2/c18-27(24,25)13-8-6-12(7-9-13)22-17-23-16-14(26-17)15(19-10-20-16)21-11-4-2-1-3-5-11/h1-10H,(H2,18,24,25)(H2,19,20,21,22,23). The van der Waals surface area contributed by atoms with E-state index in [4.69, 9.17) is 5.14 Å². The Morgan fingerprint density at radius 3 is 2.30 bits per heavy atom. The van der Waals surface area contributed by atoms with Crippen LogP contribution in [0.2, 0.25) is 0 Å². The lowest BCUT2D eigenvalue weighted by Crippen LogP contribution is -2.11. The van der Waals surface area contributed by atoms with Crippen molar-refractivity contribution >= 4 is 54.0 Å². The Morgan fingerprint density at radius 2 is 1.59 bits per heavy atom. The summed E-state index contributed by atoms with van der Waals surface area (Å²) in [5.41, 5.74) is 2.17. The van der Waals surface area contributed by atoms with Gasteiger partial charge in [0.15, 0.2) is 16.6 Å². The van der Waals surface area contributed by atoms with Crippen molar-refractivity contribution in [2.45, 2.75) is 4.90 Å². The van der Waals surface area contributed by atoms with E-state index in [2.05, 4.69) is 25.6 Å². The smallest absolute Gasteiger partial charge is 0.238 e. The molecule has 2 aromatic heterocycles. The Labute approximate surface area is 159 Å². The molecule has 0 aliphatic carbocycles. The summed E-state index contributed by atoms with van der Waals surface area (Å²) in [6, 6.07) is 15.8. The van der Waals surface area contributed by atoms with Gasteiger partial charge < -0.3 is 10.6 Å². The predicted molar refractivity (Wildman–Crippen MR) is 106 cm³/mol. The molecular formula is C17H14N6O2S2. The fraction of sp³-hybridized carbons (Fsp3) is 0. The highest BCUT2D eigenvalue weighted by Gasteiger charge is 2.12. The van der Waals surface area contributed by atoms with Crippen LogP contribution in [0.15, 0.2) is 65.8 Å². The number of aromatic nitrogens is 3. The molecule has 2 aromatic carbocycles. The molecule has 136 valence electrons. The van der Waals surface area contributed by atoms with Gasteiger partial charge in [-0.2, -0.15) is 4.98 Å². The van der Waals surface area contributed by atoms with Crippen LogP contribution in [0, 0.1) is 0 Å². The second-order valence-corrected chi connectivity index (χ2v) is 8.14. The third-order valence-electron chi connectivity index (χ3n) is 3.66. The number of sulfonamides is 1. The molecule has 4 N–H and O–H groups in total. The molecule has 0 atom stereocenters. The van der Waals surface area contributed by atoms with Crippen molar-refractivity contribution in [2.75, 3.05) is 10.6 Å². The summed E-state index contributed by atoms with van der Waals surface area (Å²) in [7, 11) is -3.72. The Bertz CT molecular complexity index is 1190. The molecule has 8 nitrogen and oxygen atoms in total. The molecule has 0 radical (unpaired) electrons. The molecule has 0 unspecified atom stereocenters. The summed E-state index contributed by atoms with van der Waals surface area (Å²) in [6.07, 6.45) is 1.46. The van der Waals surface area contributed by atoms with Crippen molar-refractivity contribution in [3.63, 3.8) is 0 Å². The molecule has 0 aliphatic heterocycles. The lowest BCUT2D eigenvalue weighted by Gasteiger charge is -2.04. The molecule has 0 aliphatic rings. The molecule has 0 spiro atoms. The number of hydrogen-bond acceptors (Lipinski definition) is 8. The first-order valence-corrected chi connectivity index (χ1v) is 10.2. The van der Waals surface area contributed by atoms with Gasteiger partial charge >= 0.3 is 0 Å². The zero-order valence-corrected chi connectivity index (χ0v) is 15.5. The summed E-state index contributed by atoms with van der Waals surface area (Å²) in [5, 5.41) is 12.1. The lowest BCUT2D eigenvalue weighted by molar-refractivity contribution is 0.598. The van der Waals surface area contributed by atoms with Gasteiger partial charge in [-0.1, -0.05) is 29.5 Å². The average Bonchev–Trinajstić information content (AvgIpc) is 3.06. The molecule has 0 bridgehead atoms. The van der Waals surface area contributed by atoms with Gasteiger partial charge in [-0.05, 0) is 36.4 Å². The van der Waals surface area contributed by atoms with E-state index in [-0.39, 0.29) is 4.90 Å². The van der Waals surface area contributed by atoms with Crippen molar-refractivity contribution in [2.24, 2.45) is 5.14 Å². The van der Waals surface area contributed by atoms with Crippen molar-refractivity contribution in [3.8, 4) is 0 Å². The molecular weight excluding hydrogens is 384 g/mol. The lowest BCUT2D eigenvalue weighted by atomic mass is 10.3. The third-order valence-corrected chi connectivity index (χ3v) is 5.56. The quantitative estimate of drug-likeness (QED) is 0.471. The second kappa shape index (κ2) is 6.91. The van der Waals surface area contributed by atoms with Gasteiger partial charge in [0.1, 0.15) is 11.0 Å². The summed E-state index contributed by atoms with van der Waals surface area (Å²) in [4.78, 5) is 13.0. The number of primary sulfonamides is 1. The van der Waals surface area contributed by atoms with Crippen molar-refractivity contribution in [3.05, 3.63) is 60.9 Å². The van der Waals surface area contributed by atoms with Crippen LogP contribution >= 0.6 is 11.3 Å². The normalized spacial score (nSPS) is 11.4. The highest BCUT2D eigenvalue weighted by atomic mass is 32.2. The maximum absolute atomic E-state index is 11.3. The average molecular weight is 398 g/mol. The first-order valence-electron chi connectivity index (χ1n) is 7.82. The number of rotatable bonds is 5. The maximum Gasteiger partial charge on any atom is 0.238 e. The SMILES string of the molecule is NS(=O)(=O)c1ccc(Nc2nc3ncnc(Nc4ccccc4)c3s2)cc1. The summed E-state index contributed by atoms with van der Waals surface area (Å²) in [5.74, 6) is 0.668. The number of para-hydroxylation sites is 1.